The number of halogens is 1. The van der Waals surface area contributed by atoms with Crippen LogP contribution in [-0.4, -0.2) is 53.8 Å². The molecule has 1 rings (SSSR count). The van der Waals surface area contributed by atoms with Gasteiger partial charge in [-0.1, -0.05) is 11.6 Å². The van der Waals surface area contributed by atoms with Crippen LogP contribution in [0.1, 0.15) is 5.56 Å². The van der Waals surface area contributed by atoms with E-state index in [2.05, 4.69) is 5.32 Å². The summed E-state index contributed by atoms with van der Waals surface area (Å²) in [6, 6.07) is 5.61. The molecule has 0 bridgehead atoms. The van der Waals surface area contributed by atoms with Crippen molar-refractivity contribution in [2.24, 2.45) is 0 Å². The van der Waals surface area contributed by atoms with E-state index in [1.54, 1.807) is 14.2 Å². The number of nitrogens with one attached hydrogen (secondary N) is 1. The maximum atomic E-state index is 6.03. The minimum atomic E-state index is 0.496. The van der Waals surface area contributed by atoms with E-state index in [9.17, 15) is 0 Å². The van der Waals surface area contributed by atoms with Gasteiger partial charge in [-0.15, -0.1) is 0 Å². The third kappa shape index (κ3) is 8.24. The van der Waals surface area contributed by atoms with Crippen LogP contribution in [0.2, 0.25) is 5.02 Å². The molecule has 0 spiro atoms. The molecule has 0 radical (unpaired) electrons. The summed E-state index contributed by atoms with van der Waals surface area (Å²) >= 11 is 6.03. The lowest BCUT2D eigenvalue weighted by Gasteiger charge is -2.13. The topological polar surface area (TPSA) is 49.0 Å². The molecule has 120 valence electrons. The van der Waals surface area contributed by atoms with Crippen LogP contribution in [0.3, 0.4) is 0 Å². The summed E-state index contributed by atoms with van der Waals surface area (Å²) in [4.78, 5) is 0. The van der Waals surface area contributed by atoms with E-state index in [-0.39, 0.29) is 0 Å². The van der Waals surface area contributed by atoms with Crippen LogP contribution in [-0.2, 0) is 20.8 Å². The number of benzene rings is 1. The highest BCUT2D eigenvalue weighted by Crippen LogP contribution is 2.22. The molecule has 0 saturated heterocycles. The van der Waals surface area contributed by atoms with Gasteiger partial charge in [0.2, 0.25) is 0 Å². The van der Waals surface area contributed by atoms with Crippen LogP contribution in [0, 0.1) is 0 Å². The van der Waals surface area contributed by atoms with Crippen molar-refractivity contribution >= 4 is 11.6 Å². The summed E-state index contributed by atoms with van der Waals surface area (Å²) < 4.78 is 21.0. The van der Waals surface area contributed by atoms with Gasteiger partial charge in [0.1, 0.15) is 12.4 Å². The van der Waals surface area contributed by atoms with Gasteiger partial charge in [0.05, 0.1) is 26.4 Å². The maximum Gasteiger partial charge on any atom is 0.124 e. The summed E-state index contributed by atoms with van der Waals surface area (Å²) in [6.45, 7) is 4.33. The van der Waals surface area contributed by atoms with Gasteiger partial charge >= 0.3 is 0 Å². The van der Waals surface area contributed by atoms with Crippen LogP contribution in [0.5, 0.6) is 5.75 Å². The summed E-state index contributed by atoms with van der Waals surface area (Å²) in [6.07, 6.45) is 0. The van der Waals surface area contributed by atoms with Crippen molar-refractivity contribution in [2.45, 2.75) is 6.54 Å². The Morgan fingerprint density at radius 2 is 1.76 bits per heavy atom. The van der Waals surface area contributed by atoms with Gasteiger partial charge in [-0.05, 0) is 18.2 Å². The number of rotatable bonds is 12. The molecular weight excluding hydrogens is 294 g/mol. The smallest absolute Gasteiger partial charge is 0.124 e. The Bertz CT molecular complexity index is 390. The molecule has 1 aromatic rings. The predicted octanol–water partition coefficient (Wildman–Crippen LogP) is 2.12. The van der Waals surface area contributed by atoms with Gasteiger partial charge < -0.3 is 24.3 Å². The van der Waals surface area contributed by atoms with Crippen molar-refractivity contribution in [1.29, 1.82) is 0 Å². The van der Waals surface area contributed by atoms with Crippen LogP contribution < -0.4 is 10.1 Å². The highest BCUT2D eigenvalue weighted by atomic mass is 35.5. The van der Waals surface area contributed by atoms with Crippen molar-refractivity contribution in [1.82, 2.24) is 5.32 Å². The molecule has 0 aliphatic heterocycles. The average molecular weight is 318 g/mol. The summed E-state index contributed by atoms with van der Waals surface area (Å²) in [5.41, 5.74) is 1.02. The Balaban J connectivity index is 2.37. The Morgan fingerprint density at radius 3 is 2.52 bits per heavy atom. The molecule has 5 nitrogen and oxygen atoms in total. The van der Waals surface area contributed by atoms with E-state index < -0.39 is 0 Å². The Labute approximate surface area is 131 Å². The molecule has 1 N–H and O–H groups in total. The molecule has 0 atom stereocenters. The SMILES string of the molecule is COCCNCc1cc(Cl)ccc1OCCOCCOC. The monoisotopic (exact) mass is 317 g/mol. The first-order valence-electron chi connectivity index (χ1n) is 6.95. The summed E-state index contributed by atoms with van der Waals surface area (Å²) in [5, 5.41) is 3.97. The number of ether oxygens (including phenoxy) is 4. The normalized spacial score (nSPS) is 10.8. The Morgan fingerprint density at radius 1 is 1.00 bits per heavy atom. The molecule has 21 heavy (non-hydrogen) atoms. The Kier molecular flexibility index (Phi) is 10.2. The second-order valence-electron chi connectivity index (χ2n) is 4.38. The van der Waals surface area contributed by atoms with E-state index in [1.807, 2.05) is 18.2 Å². The molecule has 0 aromatic heterocycles. The molecule has 0 saturated carbocycles. The largest absolute Gasteiger partial charge is 0.491 e. The van der Waals surface area contributed by atoms with E-state index in [0.717, 1.165) is 17.9 Å². The number of hydrogen-bond donors (Lipinski definition) is 1. The lowest BCUT2D eigenvalue weighted by Crippen LogP contribution is -2.19. The first-order valence-corrected chi connectivity index (χ1v) is 7.33. The second kappa shape index (κ2) is 11.8. The standard InChI is InChI=1S/C15H24ClNO4/c1-18-6-5-17-12-13-11-14(16)3-4-15(13)21-10-9-20-8-7-19-2/h3-4,11,17H,5-10,12H2,1-2H3. The fourth-order valence-corrected chi connectivity index (χ4v) is 1.87. The highest BCUT2D eigenvalue weighted by Gasteiger charge is 2.05. The van der Waals surface area contributed by atoms with Gasteiger partial charge in [0.25, 0.3) is 0 Å². The molecule has 6 heteroatoms. The van der Waals surface area contributed by atoms with E-state index >= 15 is 0 Å². The Hall–Kier alpha value is -0.850. The van der Waals surface area contributed by atoms with Gasteiger partial charge in [-0.3, -0.25) is 0 Å². The lowest BCUT2D eigenvalue weighted by atomic mass is 10.2. The van der Waals surface area contributed by atoms with E-state index in [0.29, 0.717) is 44.6 Å². The first kappa shape index (κ1) is 18.2. The number of methoxy groups -OCH3 is 2. The van der Waals surface area contributed by atoms with E-state index in [4.69, 9.17) is 30.5 Å². The molecule has 0 unspecified atom stereocenters. The molecule has 0 aliphatic rings. The third-order valence-electron chi connectivity index (χ3n) is 2.74. The summed E-state index contributed by atoms with van der Waals surface area (Å²) in [5.74, 6) is 0.819. The highest BCUT2D eigenvalue weighted by molar-refractivity contribution is 6.30. The van der Waals surface area contributed by atoms with Gasteiger partial charge in [-0.25, -0.2) is 0 Å². The van der Waals surface area contributed by atoms with Crippen molar-refractivity contribution in [2.75, 3.05) is 53.8 Å². The number of hydrogen-bond acceptors (Lipinski definition) is 5. The molecule has 0 aliphatic carbocycles. The van der Waals surface area contributed by atoms with Crippen LogP contribution in [0.25, 0.3) is 0 Å². The first-order chi connectivity index (χ1) is 10.3. The van der Waals surface area contributed by atoms with E-state index in [1.165, 1.54) is 0 Å². The average Bonchev–Trinajstić information content (AvgIpc) is 2.49. The fourth-order valence-electron chi connectivity index (χ4n) is 1.68. The molecule has 0 fully saturated rings. The van der Waals surface area contributed by atoms with Gasteiger partial charge in [0, 0.05) is 37.9 Å². The third-order valence-corrected chi connectivity index (χ3v) is 2.97. The van der Waals surface area contributed by atoms with Gasteiger partial charge in [0.15, 0.2) is 0 Å². The van der Waals surface area contributed by atoms with Crippen LogP contribution in [0.4, 0.5) is 0 Å². The molecular formula is C15H24ClNO4. The van der Waals surface area contributed by atoms with Crippen molar-refractivity contribution in [3.8, 4) is 5.75 Å². The van der Waals surface area contributed by atoms with Crippen LogP contribution in [0.15, 0.2) is 18.2 Å². The quantitative estimate of drug-likeness (QED) is 0.598. The minimum Gasteiger partial charge on any atom is -0.491 e. The van der Waals surface area contributed by atoms with Crippen molar-refractivity contribution < 1.29 is 18.9 Å². The zero-order valence-electron chi connectivity index (χ0n) is 12.7. The van der Waals surface area contributed by atoms with Gasteiger partial charge in [-0.2, -0.15) is 0 Å². The molecule has 0 amide bonds. The zero-order valence-corrected chi connectivity index (χ0v) is 13.4. The van der Waals surface area contributed by atoms with Crippen molar-refractivity contribution in [3.63, 3.8) is 0 Å². The fraction of sp³-hybridized carbons (Fsp3) is 0.600. The zero-order chi connectivity index (χ0) is 15.3. The molecule has 0 heterocycles. The van der Waals surface area contributed by atoms with Crippen LogP contribution >= 0.6 is 11.6 Å². The molecule has 1 aromatic carbocycles. The van der Waals surface area contributed by atoms with Crippen molar-refractivity contribution in [3.05, 3.63) is 28.8 Å². The second-order valence-corrected chi connectivity index (χ2v) is 4.81. The predicted molar refractivity (Wildman–Crippen MR) is 83.2 cm³/mol. The maximum absolute atomic E-state index is 6.03. The summed E-state index contributed by atoms with van der Waals surface area (Å²) in [7, 11) is 3.33. The lowest BCUT2D eigenvalue weighted by molar-refractivity contribution is 0.0542. The minimum absolute atomic E-state index is 0.496.